The zero-order chi connectivity index (χ0) is 15.2. The Morgan fingerprint density at radius 3 is 2.29 bits per heavy atom. The maximum absolute atomic E-state index is 12.2. The average Bonchev–Trinajstić information content (AvgIpc) is 2.48. The Morgan fingerprint density at radius 2 is 1.67 bits per heavy atom. The third-order valence-electron chi connectivity index (χ3n) is 2.73. The SMILES string of the molecule is COc1ccccc1C(=O)Nc1ccc(OC(C)=O)cc1. The number of hydrogen-bond acceptors (Lipinski definition) is 4. The number of methoxy groups -OCH3 is 1. The fourth-order valence-corrected chi connectivity index (χ4v) is 1.80. The lowest BCUT2D eigenvalue weighted by Crippen LogP contribution is -2.13. The number of carbonyl (C=O) groups is 2. The van der Waals surface area contributed by atoms with E-state index >= 15 is 0 Å². The van der Waals surface area contributed by atoms with E-state index in [2.05, 4.69) is 5.32 Å². The summed E-state index contributed by atoms with van der Waals surface area (Å²) in [6, 6.07) is 13.5. The van der Waals surface area contributed by atoms with Crippen molar-refractivity contribution in [3.63, 3.8) is 0 Å². The number of nitrogens with one attached hydrogen (secondary N) is 1. The number of rotatable bonds is 4. The zero-order valence-corrected chi connectivity index (χ0v) is 11.8. The molecule has 21 heavy (non-hydrogen) atoms. The number of carbonyl (C=O) groups excluding carboxylic acids is 2. The van der Waals surface area contributed by atoms with Crippen LogP contribution < -0.4 is 14.8 Å². The zero-order valence-electron chi connectivity index (χ0n) is 11.8. The van der Waals surface area contributed by atoms with Crippen molar-refractivity contribution in [1.82, 2.24) is 0 Å². The van der Waals surface area contributed by atoms with Gasteiger partial charge in [0.15, 0.2) is 0 Å². The van der Waals surface area contributed by atoms with Gasteiger partial charge in [0.2, 0.25) is 0 Å². The van der Waals surface area contributed by atoms with Crippen LogP contribution in [0.1, 0.15) is 17.3 Å². The van der Waals surface area contributed by atoms with E-state index in [0.717, 1.165) is 0 Å². The standard InChI is InChI=1S/C16H15NO4/c1-11(18)21-13-9-7-12(8-10-13)17-16(19)14-5-3-4-6-15(14)20-2/h3-10H,1-2H3,(H,17,19). The van der Waals surface area contributed by atoms with Gasteiger partial charge in [-0.15, -0.1) is 0 Å². The minimum absolute atomic E-state index is 0.271. The second-order valence-corrected chi connectivity index (χ2v) is 4.27. The number of anilines is 1. The van der Waals surface area contributed by atoms with Gasteiger partial charge in [0.05, 0.1) is 12.7 Å². The number of esters is 1. The molecule has 0 saturated carbocycles. The maximum Gasteiger partial charge on any atom is 0.308 e. The van der Waals surface area contributed by atoms with Crippen LogP contribution in [0, 0.1) is 0 Å². The number of hydrogen-bond donors (Lipinski definition) is 1. The Balaban J connectivity index is 2.10. The molecule has 0 unspecified atom stereocenters. The fourth-order valence-electron chi connectivity index (χ4n) is 1.80. The number of amides is 1. The van der Waals surface area contributed by atoms with Gasteiger partial charge in [-0.05, 0) is 36.4 Å². The van der Waals surface area contributed by atoms with Crippen molar-refractivity contribution in [3.8, 4) is 11.5 Å². The first-order chi connectivity index (χ1) is 10.1. The van der Waals surface area contributed by atoms with Crippen molar-refractivity contribution < 1.29 is 19.1 Å². The topological polar surface area (TPSA) is 64.6 Å². The first-order valence-corrected chi connectivity index (χ1v) is 6.33. The van der Waals surface area contributed by atoms with E-state index in [4.69, 9.17) is 9.47 Å². The van der Waals surface area contributed by atoms with Crippen molar-refractivity contribution in [1.29, 1.82) is 0 Å². The van der Waals surface area contributed by atoms with E-state index in [1.165, 1.54) is 14.0 Å². The molecule has 0 aliphatic rings. The van der Waals surface area contributed by atoms with Crippen LogP contribution in [0.5, 0.6) is 11.5 Å². The largest absolute Gasteiger partial charge is 0.496 e. The van der Waals surface area contributed by atoms with Crippen LogP contribution in [0.25, 0.3) is 0 Å². The summed E-state index contributed by atoms with van der Waals surface area (Å²) in [5.41, 5.74) is 1.05. The Morgan fingerprint density at radius 1 is 1.00 bits per heavy atom. The summed E-state index contributed by atoms with van der Waals surface area (Å²) in [6.07, 6.45) is 0. The lowest BCUT2D eigenvalue weighted by molar-refractivity contribution is -0.131. The van der Waals surface area contributed by atoms with Crippen LogP contribution in [-0.4, -0.2) is 19.0 Å². The van der Waals surface area contributed by atoms with Crippen LogP contribution in [0.2, 0.25) is 0 Å². The molecule has 0 radical (unpaired) electrons. The molecule has 5 heteroatoms. The summed E-state index contributed by atoms with van der Waals surface area (Å²) >= 11 is 0. The molecule has 0 aliphatic carbocycles. The van der Waals surface area contributed by atoms with E-state index in [0.29, 0.717) is 22.7 Å². The van der Waals surface area contributed by atoms with E-state index < -0.39 is 0 Å². The summed E-state index contributed by atoms with van der Waals surface area (Å²) in [7, 11) is 1.51. The van der Waals surface area contributed by atoms with Crippen molar-refractivity contribution in [2.45, 2.75) is 6.92 Å². The lowest BCUT2D eigenvalue weighted by atomic mass is 10.2. The molecule has 1 amide bonds. The predicted molar refractivity (Wildman–Crippen MR) is 78.7 cm³/mol. The summed E-state index contributed by atoms with van der Waals surface area (Å²) in [6.45, 7) is 1.33. The first-order valence-electron chi connectivity index (χ1n) is 6.33. The molecular formula is C16H15NO4. The van der Waals surface area contributed by atoms with Gasteiger partial charge in [0.25, 0.3) is 5.91 Å². The molecule has 2 aromatic rings. The van der Waals surface area contributed by atoms with Crippen LogP contribution in [0.4, 0.5) is 5.69 Å². The highest BCUT2D eigenvalue weighted by Gasteiger charge is 2.11. The van der Waals surface area contributed by atoms with Gasteiger partial charge in [-0.25, -0.2) is 0 Å². The first kappa shape index (κ1) is 14.6. The molecule has 2 aromatic carbocycles. The van der Waals surface area contributed by atoms with Gasteiger partial charge >= 0.3 is 5.97 Å². The minimum Gasteiger partial charge on any atom is -0.496 e. The predicted octanol–water partition coefficient (Wildman–Crippen LogP) is 2.87. The van der Waals surface area contributed by atoms with Crippen LogP contribution in [0.3, 0.4) is 0 Å². The molecule has 108 valence electrons. The molecule has 0 spiro atoms. The Bertz CT molecular complexity index is 650. The molecule has 0 heterocycles. The molecule has 0 bridgehead atoms. The average molecular weight is 285 g/mol. The summed E-state index contributed by atoms with van der Waals surface area (Å²) in [5, 5.41) is 2.75. The second kappa shape index (κ2) is 6.56. The highest BCUT2D eigenvalue weighted by atomic mass is 16.5. The van der Waals surface area contributed by atoms with Crippen LogP contribution in [0.15, 0.2) is 48.5 Å². The molecule has 0 fully saturated rings. The van der Waals surface area contributed by atoms with E-state index in [1.807, 2.05) is 0 Å². The summed E-state index contributed by atoms with van der Waals surface area (Å²) in [5.74, 6) is 0.276. The van der Waals surface area contributed by atoms with E-state index in [-0.39, 0.29) is 11.9 Å². The third-order valence-corrected chi connectivity index (χ3v) is 2.73. The van der Waals surface area contributed by atoms with Crippen molar-refractivity contribution >= 4 is 17.6 Å². The summed E-state index contributed by atoms with van der Waals surface area (Å²) < 4.78 is 10.1. The number of para-hydroxylation sites is 1. The van der Waals surface area contributed by atoms with Gasteiger partial charge in [0, 0.05) is 12.6 Å². The van der Waals surface area contributed by atoms with Crippen molar-refractivity contribution in [2.75, 3.05) is 12.4 Å². The van der Waals surface area contributed by atoms with Gasteiger partial charge in [-0.1, -0.05) is 12.1 Å². The molecule has 2 rings (SSSR count). The Hall–Kier alpha value is -2.82. The van der Waals surface area contributed by atoms with E-state index in [1.54, 1.807) is 48.5 Å². The molecule has 0 saturated heterocycles. The highest BCUT2D eigenvalue weighted by molar-refractivity contribution is 6.06. The normalized spacial score (nSPS) is 9.81. The minimum atomic E-state index is -0.388. The maximum atomic E-state index is 12.2. The second-order valence-electron chi connectivity index (χ2n) is 4.27. The lowest BCUT2D eigenvalue weighted by Gasteiger charge is -2.09. The molecular weight excluding hydrogens is 270 g/mol. The summed E-state index contributed by atoms with van der Waals surface area (Å²) in [4.78, 5) is 23.0. The number of benzene rings is 2. The van der Waals surface area contributed by atoms with Crippen LogP contribution >= 0.6 is 0 Å². The van der Waals surface area contributed by atoms with Crippen molar-refractivity contribution in [2.24, 2.45) is 0 Å². The Kier molecular flexibility index (Phi) is 4.56. The fraction of sp³-hybridized carbons (Fsp3) is 0.125. The third kappa shape index (κ3) is 3.82. The quantitative estimate of drug-likeness (QED) is 0.693. The van der Waals surface area contributed by atoms with Gasteiger partial charge in [0.1, 0.15) is 11.5 Å². The number of ether oxygens (including phenoxy) is 2. The molecule has 0 aliphatic heterocycles. The molecule has 5 nitrogen and oxygen atoms in total. The van der Waals surface area contributed by atoms with Gasteiger partial charge < -0.3 is 14.8 Å². The van der Waals surface area contributed by atoms with Gasteiger partial charge in [-0.3, -0.25) is 9.59 Å². The van der Waals surface area contributed by atoms with E-state index in [9.17, 15) is 9.59 Å². The highest BCUT2D eigenvalue weighted by Crippen LogP contribution is 2.20. The smallest absolute Gasteiger partial charge is 0.308 e. The van der Waals surface area contributed by atoms with Gasteiger partial charge in [-0.2, -0.15) is 0 Å². The van der Waals surface area contributed by atoms with Crippen molar-refractivity contribution in [3.05, 3.63) is 54.1 Å². The van der Waals surface area contributed by atoms with Crippen LogP contribution in [-0.2, 0) is 4.79 Å². The Labute approximate surface area is 122 Å². The monoisotopic (exact) mass is 285 g/mol. The molecule has 0 aromatic heterocycles. The molecule has 1 N–H and O–H groups in total. The molecule has 0 atom stereocenters.